The first-order valence-electron chi connectivity index (χ1n) is 8.97. The van der Waals surface area contributed by atoms with Crippen LogP contribution >= 0.6 is 0 Å². The van der Waals surface area contributed by atoms with E-state index in [1.54, 1.807) is 0 Å². The summed E-state index contributed by atoms with van der Waals surface area (Å²) < 4.78 is 0. The number of rotatable bonds is 4. The van der Waals surface area contributed by atoms with Crippen LogP contribution in [0.2, 0.25) is 0 Å². The highest BCUT2D eigenvalue weighted by Crippen LogP contribution is 2.61. The van der Waals surface area contributed by atoms with E-state index in [4.69, 9.17) is 0 Å². The molecule has 0 heterocycles. The zero-order valence-electron chi connectivity index (χ0n) is 15.1. The largest absolute Gasteiger partial charge is 0.393 e. The Morgan fingerprint density at radius 1 is 1.36 bits per heavy atom. The molecule has 2 fully saturated rings. The highest BCUT2D eigenvalue weighted by Gasteiger charge is 2.58. The maximum Gasteiger partial charge on any atom is 0.137 e. The van der Waals surface area contributed by atoms with Gasteiger partial charge in [0.25, 0.3) is 0 Å². The van der Waals surface area contributed by atoms with Crippen molar-refractivity contribution in [1.29, 1.82) is 0 Å². The van der Waals surface area contributed by atoms with E-state index in [2.05, 4.69) is 41.2 Å². The Labute approximate surface area is 136 Å². The third-order valence-electron chi connectivity index (χ3n) is 6.64. The van der Waals surface area contributed by atoms with Crippen LogP contribution in [0, 0.1) is 34.5 Å². The van der Waals surface area contributed by atoms with Crippen LogP contribution in [0.4, 0.5) is 0 Å². The number of carbonyl (C=O) groups excluding carboxylic acids is 1. The second-order valence-electron chi connectivity index (χ2n) is 8.97. The van der Waals surface area contributed by atoms with Crippen LogP contribution in [0.5, 0.6) is 0 Å². The van der Waals surface area contributed by atoms with Gasteiger partial charge in [-0.1, -0.05) is 47.1 Å². The van der Waals surface area contributed by atoms with Crippen molar-refractivity contribution in [2.75, 3.05) is 0 Å². The van der Waals surface area contributed by atoms with Gasteiger partial charge < -0.3 is 5.11 Å². The number of carbonyl (C=O) groups is 1. The maximum atomic E-state index is 13.0. The predicted octanol–water partition coefficient (Wildman–Crippen LogP) is 4.62. The molecule has 2 aliphatic carbocycles. The topological polar surface area (TPSA) is 37.3 Å². The van der Waals surface area contributed by atoms with Crippen LogP contribution in [-0.4, -0.2) is 17.0 Å². The standard InChI is InChI=1S/C20H34O2/c1-7-13(2)11-15(21)17-14(3)12-16(22)18-19(4,5)9-8-10-20(17,18)6/h7,13-14,16-18,22H,1,8-12H2,2-6H3/t13-,14+,16-,17-,18+,20-/m1/s1. The Kier molecular flexibility index (Phi) is 4.92. The molecule has 126 valence electrons. The minimum absolute atomic E-state index is 0.0587. The molecule has 2 saturated carbocycles. The van der Waals surface area contributed by atoms with E-state index in [1.165, 1.54) is 6.42 Å². The molecule has 0 aromatic heterocycles. The Hall–Kier alpha value is -0.630. The van der Waals surface area contributed by atoms with E-state index < -0.39 is 0 Å². The zero-order chi connectivity index (χ0) is 16.7. The summed E-state index contributed by atoms with van der Waals surface area (Å²) in [5, 5.41) is 10.8. The normalized spacial score (nSPS) is 42.3. The van der Waals surface area contributed by atoms with E-state index in [9.17, 15) is 9.90 Å². The number of hydrogen-bond donors (Lipinski definition) is 1. The van der Waals surface area contributed by atoms with Gasteiger partial charge in [0, 0.05) is 12.3 Å². The summed E-state index contributed by atoms with van der Waals surface area (Å²) in [7, 11) is 0. The molecule has 0 amide bonds. The molecule has 0 aliphatic heterocycles. The Morgan fingerprint density at radius 3 is 2.59 bits per heavy atom. The Bertz CT molecular complexity index is 439. The van der Waals surface area contributed by atoms with Crippen molar-refractivity contribution < 1.29 is 9.90 Å². The molecule has 0 radical (unpaired) electrons. The van der Waals surface area contributed by atoms with Gasteiger partial charge in [-0.25, -0.2) is 0 Å². The van der Waals surface area contributed by atoms with Crippen LogP contribution < -0.4 is 0 Å². The monoisotopic (exact) mass is 306 g/mol. The van der Waals surface area contributed by atoms with Crippen LogP contribution in [0.15, 0.2) is 12.7 Å². The molecule has 0 bridgehead atoms. The summed E-state index contributed by atoms with van der Waals surface area (Å²) in [6.07, 6.45) is 6.37. The first kappa shape index (κ1) is 17.7. The Balaban J connectivity index is 2.36. The van der Waals surface area contributed by atoms with Gasteiger partial charge in [0.2, 0.25) is 0 Å². The lowest BCUT2D eigenvalue weighted by Crippen LogP contribution is -2.58. The predicted molar refractivity (Wildman–Crippen MR) is 91.5 cm³/mol. The summed E-state index contributed by atoms with van der Waals surface area (Å²) >= 11 is 0. The van der Waals surface area contributed by atoms with Crippen molar-refractivity contribution >= 4 is 5.78 Å². The molecule has 22 heavy (non-hydrogen) atoms. The summed E-state index contributed by atoms with van der Waals surface area (Å²) in [5.74, 6) is 1.22. The van der Waals surface area contributed by atoms with Crippen LogP contribution in [0.25, 0.3) is 0 Å². The van der Waals surface area contributed by atoms with Gasteiger partial charge >= 0.3 is 0 Å². The molecule has 2 aliphatic rings. The molecular formula is C20H34O2. The average molecular weight is 306 g/mol. The fraction of sp³-hybridized carbons (Fsp3) is 0.850. The minimum atomic E-state index is -0.267. The molecule has 0 saturated heterocycles. The number of aliphatic hydroxyl groups is 1. The molecule has 0 aromatic rings. The number of Topliss-reactive ketones (excluding diaryl/α,β-unsaturated/α-hetero) is 1. The van der Waals surface area contributed by atoms with Crippen molar-refractivity contribution in [2.45, 2.75) is 72.8 Å². The molecule has 2 heteroatoms. The SMILES string of the molecule is C=C[C@@H](C)CC(=O)[C@H]1[C@@H](C)C[C@@H](O)[C@H]2C(C)(C)CCC[C@]12C. The molecule has 1 N–H and O–H groups in total. The van der Waals surface area contributed by atoms with Gasteiger partial charge in [-0.2, -0.15) is 0 Å². The van der Waals surface area contributed by atoms with Gasteiger partial charge in [0.05, 0.1) is 6.10 Å². The summed E-state index contributed by atoms with van der Waals surface area (Å²) in [4.78, 5) is 13.0. The van der Waals surface area contributed by atoms with Gasteiger partial charge in [0.1, 0.15) is 5.78 Å². The molecule has 0 aromatic carbocycles. The molecule has 2 nitrogen and oxygen atoms in total. The van der Waals surface area contributed by atoms with Gasteiger partial charge in [-0.15, -0.1) is 6.58 Å². The van der Waals surface area contributed by atoms with Crippen LogP contribution in [0.3, 0.4) is 0 Å². The van der Waals surface area contributed by atoms with Gasteiger partial charge in [0.15, 0.2) is 0 Å². The van der Waals surface area contributed by atoms with Crippen LogP contribution in [0.1, 0.15) is 66.7 Å². The molecule has 0 spiro atoms. The number of ketones is 1. The van der Waals surface area contributed by atoms with Crippen molar-refractivity contribution in [3.05, 3.63) is 12.7 Å². The smallest absolute Gasteiger partial charge is 0.137 e. The number of hydrogen-bond acceptors (Lipinski definition) is 2. The lowest BCUT2D eigenvalue weighted by Gasteiger charge is -2.60. The summed E-state index contributed by atoms with van der Waals surface area (Å²) in [6, 6.07) is 0. The number of allylic oxidation sites excluding steroid dienone is 1. The average Bonchev–Trinajstić information content (AvgIpc) is 2.35. The Morgan fingerprint density at radius 2 is 2.00 bits per heavy atom. The van der Waals surface area contributed by atoms with E-state index in [0.29, 0.717) is 12.2 Å². The van der Waals surface area contributed by atoms with Crippen LogP contribution in [-0.2, 0) is 4.79 Å². The lowest BCUT2D eigenvalue weighted by molar-refractivity contribution is -0.169. The number of aliphatic hydroxyl groups excluding tert-OH is 1. The highest BCUT2D eigenvalue weighted by molar-refractivity contribution is 5.82. The zero-order valence-corrected chi connectivity index (χ0v) is 15.1. The van der Waals surface area contributed by atoms with Crippen molar-refractivity contribution in [3.8, 4) is 0 Å². The maximum absolute atomic E-state index is 13.0. The second-order valence-corrected chi connectivity index (χ2v) is 8.97. The summed E-state index contributed by atoms with van der Waals surface area (Å²) in [5.41, 5.74) is 0.0615. The fourth-order valence-corrected chi connectivity index (χ4v) is 5.95. The first-order chi connectivity index (χ1) is 10.1. The van der Waals surface area contributed by atoms with Crippen molar-refractivity contribution in [2.24, 2.45) is 34.5 Å². The molecule has 0 unspecified atom stereocenters. The van der Waals surface area contributed by atoms with E-state index in [-0.39, 0.29) is 40.6 Å². The molecule has 6 atom stereocenters. The van der Waals surface area contributed by atoms with Gasteiger partial charge in [-0.05, 0) is 47.8 Å². The van der Waals surface area contributed by atoms with E-state index in [1.807, 2.05) is 6.08 Å². The van der Waals surface area contributed by atoms with Crippen molar-refractivity contribution in [1.82, 2.24) is 0 Å². The third kappa shape index (κ3) is 2.91. The third-order valence-corrected chi connectivity index (χ3v) is 6.64. The lowest BCUT2D eigenvalue weighted by atomic mass is 9.45. The number of fused-ring (bicyclic) bond motifs is 1. The van der Waals surface area contributed by atoms with E-state index in [0.717, 1.165) is 19.3 Å². The molecule has 2 rings (SSSR count). The highest BCUT2D eigenvalue weighted by atomic mass is 16.3. The minimum Gasteiger partial charge on any atom is -0.393 e. The summed E-state index contributed by atoms with van der Waals surface area (Å²) in [6.45, 7) is 14.9. The fourth-order valence-electron chi connectivity index (χ4n) is 5.95. The molecular weight excluding hydrogens is 272 g/mol. The first-order valence-corrected chi connectivity index (χ1v) is 8.97. The van der Waals surface area contributed by atoms with Gasteiger partial charge in [-0.3, -0.25) is 4.79 Å². The quantitative estimate of drug-likeness (QED) is 0.770. The van der Waals surface area contributed by atoms with E-state index >= 15 is 0 Å². The second kappa shape index (κ2) is 6.11. The van der Waals surface area contributed by atoms with Crippen molar-refractivity contribution in [3.63, 3.8) is 0 Å².